The Morgan fingerprint density at radius 3 is 2.83 bits per heavy atom. The van der Waals surface area contributed by atoms with Gasteiger partial charge in [0, 0.05) is 17.2 Å². The number of nitrogens with zero attached hydrogens (tertiary/aromatic N) is 1. The molecule has 0 aromatic carbocycles. The lowest BCUT2D eigenvalue weighted by atomic mass is 9.76. The highest BCUT2D eigenvalue weighted by Gasteiger charge is 2.33. The molecule has 0 aliphatic heterocycles. The highest BCUT2D eigenvalue weighted by atomic mass is 16.5. The number of hydrogen-bond donors (Lipinski definition) is 1. The first-order valence-corrected chi connectivity index (χ1v) is 6.81. The third kappa shape index (κ3) is 2.16. The van der Waals surface area contributed by atoms with Gasteiger partial charge in [0.1, 0.15) is 0 Å². The SMILES string of the molecule is CCOC(=O)c1n[nH]c2c1[C@@H](C)CC[C@@H]2C(C)C. The Labute approximate surface area is 108 Å². The smallest absolute Gasteiger partial charge is 0.359 e. The van der Waals surface area contributed by atoms with Crippen LogP contribution < -0.4 is 0 Å². The Balaban J connectivity index is 2.39. The number of ether oxygens (including phenoxy) is 1. The summed E-state index contributed by atoms with van der Waals surface area (Å²) >= 11 is 0. The predicted molar refractivity (Wildman–Crippen MR) is 69.8 cm³/mol. The number of aromatic nitrogens is 2. The number of rotatable bonds is 3. The van der Waals surface area contributed by atoms with Crippen LogP contribution in [0.15, 0.2) is 0 Å². The van der Waals surface area contributed by atoms with E-state index in [9.17, 15) is 4.79 Å². The fourth-order valence-electron chi connectivity index (χ4n) is 2.89. The number of aromatic amines is 1. The van der Waals surface area contributed by atoms with E-state index >= 15 is 0 Å². The zero-order chi connectivity index (χ0) is 13.3. The number of hydrogen-bond acceptors (Lipinski definition) is 3. The number of fused-ring (bicyclic) bond motifs is 1. The van der Waals surface area contributed by atoms with Gasteiger partial charge in [-0.3, -0.25) is 5.10 Å². The van der Waals surface area contributed by atoms with Crippen molar-refractivity contribution in [3.63, 3.8) is 0 Å². The molecule has 1 N–H and O–H groups in total. The quantitative estimate of drug-likeness (QED) is 0.838. The number of carbonyl (C=O) groups is 1. The molecule has 0 fully saturated rings. The van der Waals surface area contributed by atoms with Crippen LogP contribution in [0.4, 0.5) is 0 Å². The lowest BCUT2D eigenvalue weighted by Gasteiger charge is -2.29. The second-order valence-corrected chi connectivity index (χ2v) is 5.45. The molecule has 4 heteroatoms. The number of H-pyrrole nitrogens is 1. The molecule has 1 aromatic rings. The van der Waals surface area contributed by atoms with Gasteiger partial charge in [0.25, 0.3) is 0 Å². The first kappa shape index (κ1) is 13.1. The molecule has 4 nitrogen and oxygen atoms in total. The minimum atomic E-state index is -0.300. The largest absolute Gasteiger partial charge is 0.461 e. The van der Waals surface area contributed by atoms with E-state index in [1.807, 2.05) is 6.92 Å². The summed E-state index contributed by atoms with van der Waals surface area (Å²) in [6.07, 6.45) is 2.28. The van der Waals surface area contributed by atoms with E-state index in [0.29, 0.717) is 30.1 Å². The summed E-state index contributed by atoms with van der Waals surface area (Å²) in [6.45, 7) is 8.80. The van der Waals surface area contributed by atoms with Gasteiger partial charge in [-0.15, -0.1) is 0 Å². The maximum atomic E-state index is 11.9. The fraction of sp³-hybridized carbons (Fsp3) is 0.714. The van der Waals surface area contributed by atoms with Crippen LogP contribution in [0.3, 0.4) is 0 Å². The van der Waals surface area contributed by atoms with Crippen LogP contribution in [0.1, 0.15) is 74.1 Å². The maximum Gasteiger partial charge on any atom is 0.359 e. The molecule has 2 atom stereocenters. The van der Waals surface area contributed by atoms with Gasteiger partial charge in [0.05, 0.1) is 6.61 Å². The Hall–Kier alpha value is -1.32. The summed E-state index contributed by atoms with van der Waals surface area (Å²) < 4.78 is 5.07. The molecule has 1 aromatic heterocycles. The molecule has 18 heavy (non-hydrogen) atoms. The van der Waals surface area contributed by atoms with Gasteiger partial charge in [0.2, 0.25) is 0 Å². The van der Waals surface area contributed by atoms with Crippen LogP contribution in [0.5, 0.6) is 0 Å². The Kier molecular flexibility index (Phi) is 3.73. The van der Waals surface area contributed by atoms with Crippen LogP contribution >= 0.6 is 0 Å². The molecule has 0 radical (unpaired) electrons. The van der Waals surface area contributed by atoms with Gasteiger partial charge < -0.3 is 4.74 Å². The first-order valence-electron chi connectivity index (χ1n) is 6.81. The monoisotopic (exact) mass is 250 g/mol. The summed E-state index contributed by atoms with van der Waals surface area (Å²) in [5, 5.41) is 7.28. The number of esters is 1. The van der Waals surface area contributed by atoms with Crippen LogP contribution in [-0.2, 0) is 4.74 Å². The first-order chi connectivity index (χ1) is 8.56. The molecule has 0 saturated heterocycles. The highest BCUT2D eigenvalue weighted by molar-refractivity contribution is 5.89. The normalized spacial score (nSPS) is 22.9. The molecule has 0 unspecified atom stereocenters. The lowest BCUT2D eigenvalue weighted by molar-refractivity contribution is 0.0517. The van der Waals surface area contributed by atoms with Crippen molar-refractivity contribution >= 4 is 5.97 Å². The van der Waals surface area contributed by atoms with E-state index in [1.54, 1.807) is 0 Å². The second-order valence-electron chi connectivity index (χ2n) is 5.45. The van der Waals surface area contributed by atoms with Crippen LogP contribution in [0.2, 0.25) is 0 Å². The highest BCUT2D eigenvalue weighted by Crippen LogP contribution is 2.42. The number of carbonyl (C=O) groups excluding carboxylic acids is 1. The van der Waals surface area contributed by atoms with Gasteiger partial charge in [-0.2, -0.15) is 5.10 Å². The van der Waals surface area contributed by atoms with E-state index < -0.39 is 0 Å². The van der Waals surface area contributed by atoms with Gasteiger partial charge in [0.15, 0.2) is 5.69 Å². The van der Waals surface area contributed by atoms with Crippen LogP contribution in [-0.4, -0.2) is 22.8 Å². The van der Waals surface area contributed by atoms with Crippen LogP contribution in [0.25, 0.3) is 0 Å². The average molecular weight is 250 g/mol. The molecule has 0 saturated carbocycles. The predicted octanol–water partition coefficient (Wildman–Crippen LogP) is 3.22. The molecule has 100 valence electrons. The van der Waals surface area contributed by atoms with Crippen molar-refractivity contribution in [1.29, 1.82) is 0 Å². The van der Waals surface area contributed by atoms with Crippen molar-refractivity contribution in [3.05, 3.63) is 17.0 Å². The van der Waals surface area contributed by atoms with E-state index in [-0.39, 0.29) is 5.97 Å². The van der Waals surface area contributed by atoms with E-state index in [2.05, 4.69) is 31.0 Å². The van der Waals surface area contributed by atoms with Crippen molar-refractivity contribution in [2.24, 2.45) is 5.92 Å². The Morgan fingerprint density at radius 1 is 1.50 bits per heavy atom. The van der Waals surface area contributed by atoms with Crippen LogP contribution in [0, 0.1) is 5.92 Å². The summed E-state index contributed by atoms with van der Waals surface area (Å²) in [6, 6.07) is 0. The Bertz CT molecular complexity index is 437. The molecular weight excluding hydrogens is 228 g/mol. The van der Waals surface area contributed by atoms with E-state index in [1.165, 1.54) is 0 Å². The molecular formula is C14H22N2O2. The van der Waals surface area contributed by atoms with Crippen molar-refractivity contribution in [2.75, 3.05) is 6.61 Å². The molecule has 1 aliphatic rings. The summed E-state index contributed by atoms with van der Waals surface area (Å²) in [5.74, 6) is 1.12. The molecule has 1 aliphatic carbocycles. The van der Waals surface area contributed by atoms with Gasteiger partial charge in [-0.1, -0.05) is 20.8 Å². The lowest BCUT2D eigenvalue weighted by Crippen LogP contribution is -2.18. The van der Waals surface area contributed by atoms with Gasteiger partial charge in [-0.05, 0) is 31.6 Å². The third-order valence-corrected chi connectivity index (χ3v) is 3.88. The Morgan fingerprint density at radius 2 is 2.22 bits per heavy atom. The van der Waals surface area contributed by atoms with Crippen molar-refractivity contribution in [3.8, 4) is 0 Å². The van der Waals surface area contributed by atoms with Gasteiger partial charge >= 0.3 is 5.97 Å². The summed E-state index contributed by atoms with van der Waals surface area (Å²) in [4.78, 5) is 11.9. The second kappa shape index (κ2) is 5.12. The third-order valence-electron chi connectivity index (χ3n) is 3.88. The average Bonchev–Trinajstić information content (AvgIpc) is 2.74. The van der Waals surface area contributed by atoms with Crippen molar-refractivity contribution < 1.29 is 9.53 Å². The molecule has 2 rings (SSSR count). The fourth-order valence-corrected chi connectivity index (χ4v) is 2.89. The summed E-state index contributed by atoms with van der Waals surface area (Å²) in [7, 11) is 0. The van der Waals surface area contributed by atoms with Crippen molar-refractivity contribution in [1.82, 2.24) is 10.2 Å². The maximum absolute atomic E-state index is 11.9. The minimum absolute atomic E-state index is 0.300. The minimum Gasteiger partial charge on any atom is -0.461 e. The van der Waals surface area contributed by atoms with E-state index in [4.69, 9.17) is 4.74 Å². The zero-order valence-corrected chi connectivity index (χ0v) is 11.6. The topological polar surface area (TPSA) is 55.0 Å². The molecule has 0 bridgehead atoms. The summed E-state index contributed by atoms with van der Waals surface area (Å²) in [5.41, 5.74) is 2.72. The van der Waals surface area contributed by atoms with E-state index in [0.717, 1.165) is 24.1 Å². The standard InChI is InChI=1S/C14H22N2O2/c1-5-18-14(17)13-11-9(4)6-7-10(8(2)3)12(11)15-16-13/h8-10H,5-7H2,1-4H3,(H,15,16)/t9-,10+/m0/s1. The molecule has 0 spiro atoms. The molecule has 1 heterocycles. The molecule has 0 amide bonds. The number of nitrogens with one attached hydrogen (secondary N) is 1. The zero-order valence-electron chi connectivity index (χ0n) is 11.6. The van der Waals surface area contributed by atoms with Crippen molar-refractivity contribution in [2.45, 2.75) is 52.4 Å². The van der Waals surface area contributed by atoms with Gasteiger partial charge in [-0.25, -0.2) is 4.79 Å².